The van der Waals surface area contributed by atoms with Gasteiger partial charge in [-0.15, -0.1) is 6.58 Å². The monoisotopic (exact) mass is 326 g/mol. The molecule has 2 heterocycles. The van der Waals surface area contributed by atoms with E-state index in [2.05, 4.69) is 24.5 Å². The van der Waals surface area contributed by atoms with Crippen molar-refractivity contribution in [3.05, 3.63) is 35.9 Å². The van der Waals surface area contributed by atoms with E-state index >= 15 is 0 Å². The molecule has 1 saturated heterocycles. The van der Waals surface area contributed by atoms with Crippen LogP contribution in [0.4, 0.5) is 0 Å². The molecule has 1 saturated carbocycles. The lowest BCUT2D eigenvalue weighted by atomic mass is 9.43. The zero-order valence-electron chi connectivity index (χ0n) is 14.3. The lowest BCUT2D eigenvalue weighted by Crippen LogP contribution is -2.73. The summed E-state index contributed by atoms with van der Waals surface area (Å²) in [6.45, 7) is 8.39. The van der Waals surface area contributed by atoms with E-state index in [4.69, 9.17) is 10.5 Å². The molecule has 0 amide bonds. The number of ether oxygens (including phenoxy) is 1. The highest BCUT2D eigenvalue weighted by Crippen LogP contribution is 2.68. The van der Waals surface area contributed by atoms with Crippen molar-refractivity contribution in [3.8, 4) is 11.5 Å². The second-order valence-electron chi connectivity index (χ2n) is 8.33. The van der Waals surface area contributed by atoms with Crippen LogP contribution in [0.1, 0.15) is 37.3 Å². The first-order valence-corrected chi connectivity index (χ1v) is 9.15. The lowest BCUT2D eigenvalue weighted by molar-refractivity contribution is -0.117. The second kappa shape index (κ2) is 4.55. The standard InChI is InChI=1S/C20H26N2O2/c1-3-9-22-10-8-20-16-12-4-5-14(23)17(16)24-18(20)13(21)6-7-19(20,2)15(22)11-12/h3-5,13,15,18,23H,1,6-11,21H2,2H3/t13-,15?,18?,19-,20-/m0/s1. The molecule has 3 N–H and O–H groups in total. The van der Waals surface area contributed by atoms with Crippen LogP contribution >= 0.6 is 0 Å². The van der Waals surface area contributed by atoms with Crippen LogP contribution in [0.2, 0.25) is 0 Å². The number of likely N-dealkylation sites (tertiary alicyclic amines) is 1. The Morgan fingerprint density at radius 3 is 3.08 bits per heavy atom. The minimum Gasteiger partial charge on any atom is -0.504 e. The highest BCUT2D eigenvalue weighted by atomic mass is 16.5. The Bertz CT molecular complexity index is 733. The molecular formula is C20H26N2O2. The number of hydrogen-bond acceptors (Lipinski definition) is 4. The molecule has 4 nitrogen and oxygen atoms in total. The molecule has 24 heavy (non-hydrogen) atoms. The topological polar surface area (TPSA) is 58.7 Å². The maximum absolute atomic E-state index is 10.4. The summed E-state index contributed by atoms with van der Waals surface area (Å²) in [7, 11) is 0. The summed E-state index contributed by atoms with van der Waals surface area (Å²) in [5.74, 6) is 0.996. The third-order valence-corrected chi connectivity index (χ3v) is 7.55. The number of benzene rings is 1. The van der Waals surface area contributed by atoms with Gasteiger partial charge < -0.3 is 15.6 Å². The average Bonchev–Trinajstić information content (AvgIpc) is 2.91. The molecule has 2 aliphatic carbocycles. The molecule has 4 aliphatic rings. The van der Waals surface area contributed by atoms with Crippen molar-refractivity contribution in [3.63, 3.8) is 0 Å². The normalized spacial score (nSPS) is 42.3. The zero-order valence-corrected chi connectivity index (χ0v) is 14.3. The summed E-state index contributed by atoms with van der Waals surface area (Å²) in [4.78, 5) is 2.60. The van der Waals surface area contributed by atoms with Gasteiger partial charge in [0.2, 0.25) is 0 Å². The molecule has 1 spiro atoms. The molecule has 1 aromatic rings. The Balaban J connectivity index is 1.78. The first kappa shape index (κ1) is 14.8. The average molecular weight is 326 g/mol. The van der Waals surface area contributed by atoms with Crippen molar-refractivity contribution in [2.75, 3.05) is 13.1 Å². The van der Waals surface area contributed by atoms with Crippen molar-refractivity contribution in [1.82, 2.24) is 4.90 Å². The van der Waals surface area contributed by atoms with E-state index in [1.165, 1.54) is 11.1 Å². The summed E-state index contributed by atoms with van der Waals surface area (Å²) in [5, 5.41) is 10.4. The molecule has 5 rings (SSSR count). The first-order chi connectivity index (χ1) is 11.5. The smallest absolute Gasteiger partial charge is 0.165 e. The second-order valence-corrected chi connectivity index (χ2v) is 8.33. The fourth-order valence-corrected chi connectivity index (χ4v) is 6.51. The number of phenols is 1. The predicted molar refractivity (Wildman–Crippen MR) is 93.4 cm³/mol. The molecular weight excluding hydrogens is 300 g/mol. The Morgan fingerprint density at radius 2 is 2.29 bits per heavy atom. The Hall–Kier alpha value is -1.52. The van der Waals surface area contributed by atoms with Crippen LogP contribution < -0.4 is 10.5 Å². The molecule has 4 heteroatoms. The maximum atomic E-state index is 10.4. The van der Waals surface area contributed by atoms with Crippen LogP contribution in [-0.4, -0.2) is 41.3 Å². The number of piperidine rings is 1. The van der Waals surface area contributed by atoms with Gasteiger partial charge >= 0.3 is 0 Å². The number of phenolic OH excluding ortho intramolecular Hbond substituents is 1. The van der Waals surface area contributed by atoms with E-state index in [-0.39, 0.29) is 28.7 Å². The van der Waals surface area contributed by atoms with Crippen molar-refractivity contribution < 1.29 is 9.84 Å². The minimum atomic E-state index is -0.0470. The molecule has 0 aromatic heterocycles. The van der Waals surface area contributed by atoms with Crippen molar-refractivity contribution in [2.24, 2.45) is 11.1 Å². The largest absolute Gasteiger partial charge is 0.504 e. The van der Waals surface area contributed by atoms with Gasteiger partial charge in [0.25, 0.3) is 0 Å². The van der Waals surface area contributed by atoms with E-state index in [1.54, 1.807) is 6.07 Å². The van der Waals surface area contributed by atoms with Gasteiger partial charge in [-0.1, -0.05) is 19.1 Å². The molecule has 128 valence electrons. The van der Waals surface area contributed by atoms with E-state index in [9.17, 15) is 5.11 Å². The highest BCUT2D eigenvalue weighted by molar-refractivity contribution is 5.61. The Morgan fingerprint density at radius 1 is 1.46 bits per heavy atom. The quantitative estimate of drug-likeness (QED) is 0.819. The van der Waals surface area contributed by atoms with Gasteiger partial charge in [0, 0.05) is 29.6 Å². The van der Waals surface area contributed by atoms with Crippen LogP contribution in [-0.2, 0) is 11.8 Å². The van der Waals surface area contributed by atoms with Gasteiger partial charge in [0.15, 0.2) is 11.5 Å². The van der Waals surface area contributed by atoms with Crippen LogP contribution in [0.5, 0.6) is 11.5 Å². The summed E-state index contributed by atoms with van der Waals surface area (Å²) in [6, 6.07) is 4.43. The molecule has 2 fully saturated rings. The third kappa shape index (κ3) is 1.44. The molecule has 0 radical (unpaired) electrons. The van der Waals surface area contributed by atoms with E-state index < -0.39 is 0 Å². The Kier molecular flexibility index (Phi) is 2.81. The number of rotatable bonds is 2. The number of aromatic hydroxyl groups is 1. The summed E-state index contributed by atoms with van der Waals surface area (Å²) in [6.07, 6.45) is 6.21. The minimum absolute atomic E-state index is 0.00742. The van der Waals surface area contributed by atoms with Gasteiger partial charge in [-0.3, -0.25) is 4.90 Å². The van der Waals surface area contributed by atoms with Crippen molar-refractivity contribution >= 4 is 0 Å². The van der Waals surface area contributed by atoms with E-state index in [0.717, 1.165) is 44.5 Å². The molecule has 2 aliphatic heterocycles. The number of nitrogens with zero attached hydrogens (tertiary/aromatic N) is 1. The van der Waals surface area contributed by atoms with Gasteiger partial charge in [0.05, 0.1) is 0 Å². The van der Waals surface area contributed by atoms with Crippen LogP contribution in [0.3, 0.4) is 0 Å². The van der Waals surface area contributed by atoms with Crippen molar-refractivity contribution in [2.45, 2.75) is 56.2 Å². The van der Waals surface area contributed by atoms with Gasteiger partial charge in [-0.2, -0.15) is 0 Å². The van der Waals surface area contributed by atoms with Gasteiger partial charge in [0.1, 0.15) is 6.10 Å². The van der Waals surface area contributed by atoms with Crippen LogP contribution in [0.15, 0.2) is 24.8 Å². The number of nitrogens with two attached hydrogens (primary N) is 1. The van der Waals surface area contributed by atoms with Gasteiger partial charge in [-0.25, -0.2) is 0 Å². The van der Waals surface area contributed by atoms with Gasteiger partial charge in [-0.05, 0) is 49.3 Å². The van der Waals surface area contributed by atoms with Crippen LogP contribution in [0.25, 0.3) is 0 Å². The lowest BCUT2D eigenvalue weighted by Gasteiger charge is -2.65. The van der Waals surface area contributed by atoms with Crippen LogP contribution in [0, 0.1) is 5.41 Å². The fraction of sp³-hybridized carbons (Fsp3) is 0.600. The summed E-state index contributed by atoms with van der Waals surface area (Å²) in [5.41, 5.74) is 9.25. The number of hydrogen-bond donors (Lipinski definition) is 2. The molecule has 2 bridgehead atoms. The van der Waals surface area contributed by atoms with Crippen molar-refractivity contribution in [1.29, 1.82) is 0 Å². The Labute approximate surface area is 143 Å². The molecule has 2 unspecified atom stereocenters. The predicted octanol–water partition coefficient (Wildman–Crippen LogP) is 2.33. The van der Waals surface area contributed by atoms with E-state index in [0.29, 0.717) is 6.04 Å². The SMILES string of the molecule is C=CCN1CC[C@]23c4c5ccc(O)c4OC2[C@@H](N)CC[C@@]3(C)C1C5. The summed E-state index contributed by atoms with van der Waals surface area (Å²) < 4.78 is 6.37. The third-order valence-electron chi connectivity index (χ3n) is 7.55. The summed E-state index contributed by atoms with van der Waals surface area (Å²) >= 11 is 0. The maximum Gasteiger partial charge on any atom is 0.165 e. The fourth-order valence-electron chi connectivity index (χ4n) is 6.51. The first-order valence-electron chi connectivity index (χ1n) is 9.15. The molecule has 5 atom stereocenters. The zero-order chi connectivity index (χ0) is 16.7. The van der Waals surface area contributed by atoms with E-state index in [1.807, 2.05) is 6.08 Å². The molecule has 1 aromatic carbocycles. The highest BCUT2D eigenvalue weighted by Gasteiger charge is 2.70.